The van der Waals surface area contributed by atoms with E-state index in [0.29, 0.717) is 48.5 Å². The third-order valence-electron chi connectivity index (χ3n) is 7.94. The van der Waals surface area contributed by atoms with Crippen LogP contribution in [-0.2, 0) is 23.7 Å². The van der Waals surface area contributed by atoms with Gasteiger partial charge in [-0.15, -0.1) is 0 Å². The van der Waals surface area contributed by atoms with Crippen LogP contribution in [0.1, 0.15) is 41.4 Å². The second-order valence-corrected chi connectivity index (χ2v) is 11.7. The molecule has 5 atom stereocenters. The van der Waals surface area contributed by atoms with Crippen molar-refractivity contribution in [2.75, 3.05) is 6.61 Å². The number of carbonyl (C=O) groups excluding carboxylic acids is 4. The summed E-state index contributed by atoms with van der Waals surface area (Å²) in [6, 6.07) is 4.99. The van der Waals surface area contributed by atoms with Crippen molar-refractivity contribution >= 4 is 23.9 Å². The molecule has 1 aliphatic heterocycles. The van der Waals surface area contributed by atoms with Gasteiger partial charge < -0.3 is 90.1 Å². The molecule has 1 aliphatic rings. The first-order chi connectivity index (χ1) is 26.3. The largest absolute Gasteiger partial charge is 0.504 e. The van der Waals surface area contributed by atoms with Crippen molar-refractivity contribution in [3.05, 3.63) is 70.8 Å². The lowest BCUT2D eigenvalue weighted by Gasteiger charge is -2.42. The average Bonchev–Trinajstić information content (AvgIpc) is 3.14. The number of aliphatic hydroxyl groups excluding tert-OH is 1. The average molecular weight is 789 g/mol. The summed E-state index contributed by atoms with van der Waals surface area (Å²) in [6.07, 6.45) is -11.2. The molecule has 22 nitrogen and oxygen atoms in total. The van der Waals surface area contributed by atoms with E-state index in [1.165, 1.54) is 0 Å². The number of aliphatic hydroxyl groups is 1. The quantitative estimate of drug-likeness (QED) is 0.0630. The summed E-state index contributed by atoms with van der Waals surface area (Å²) in [4.78, 5) is 53.1. The van der Waals surface area contributed by atoms with Crippen LogP contribution in [0.15, 0.2) is 48.5 Å². The molecule has 0 saturated carbocycles. The predicted molar refractivity (Wildman–Crippen MR) is 175 cm³/mol. The topological polar surface area (TPSA) is 377 Å². The lowest BCUT2D eigenvalue weighted by Crippen LogP contribution is -2.62. The fourth-order valence-electron chi connectivity index (χ4n) is 5.14. The van der Waals surface area contributed by atoms with Crippen molar-refractivity contribution in [1.82, 2.24) is 0 Å². The Balaban J connectivity index is 1.57. The molecular weight excluding hydrogens is 760 g/mol. The van der Waals surface area contributed by atoms with Crippen molar-refractivity contribution in [1.29, 1.82) is 0 Å². The number of esters is 4. The van der Waals surface area contributed by atoms with Crippen LogP contribution in [0.2, 0.25) is 0 Å². The Morgan fingerprint density at radius 1 is 0.429 bits per heavy atom. The minimum atomic E-state index is -2.43. The van der Waals surface area contributed by atoms with Gasteiger partial charge in [-0.1, -0.05) is 0 Å². The standard InChI is InChI=1S/C34H28O22/c35-14-1-10(2-15(36)23(14)43)30(47)52-9-22-27(54-31(48)11-3-16(37)24(44)17(38)4-11)28(55-32(49)12-5-18(39)25(45)19(40)6-12)29(34(51)53-22)56-33(50)13-7-20(41)26(46)21(42)8-13/h1-8,22,27-29,34-46,51H,9H2/t22-,27-,28+,29-,34+/m1/s1. The third-order valence-corrected chi connectivity index (χ3v) is 7.94. The molecule has 0 aliphatic carbocycles. The highest BCUT2D eigenvalue weighted by Crippen LogP contribution is 2.40. The maximum Gasteiger partial charge on any atom is 0.339 e. The zero-order valence-corrected chi connectivity index (χ0v) is 27.7. The summed E-state index contributed by atoms with van der Waals surface area (Å²) >= 11 is 0. The first kappa shape index (κ1) is 39.5. The smallest absolute Gasteiger partial charge is 0.339 e. The van der Waals surface area contributed by atoms with Crippen LogP contribution in [0, 0.1) is 0 Å². The van der Waals surface area contributed by atoms with E-state index < -0.39 is 152 Å². The van der Waals surface area contributed by atoms with E-state index in [9.17, 15) is 85.6 Å². The maximum absolute atomic E-state index is 13.5. The molecule has 0 unspecified atom stereocenters. The Bertz CT molecular complexity index is 2140. The minimum absolute atomic E-state index is 0.570. The first-order valence-electron chi connectivity index (χ1n) is 15.4. The van der Waals surface area contributed by atoms with E-state index in [0.717, 1.165) is 0 Å². The summed E-state index contributed by atoms with van der Waals surface area (Å²) in [6.45, 7) is -1.09. The normalized spacial score (nSPS) is 19.1. The first-order valence-corrected chi connectivity index (χ1v) is 15.4. The van der Waals surface area contributed by atoms with E-state index >= 15 is 0 Å². The second kappa shape index (κ2) is 15.3. The molecule has 0 aromatic heterocycles. The van der Waals surface area contributed by atoms with Gasteiger partial charge in [0.25, 0.3) is 0 Å². The zero-order valence-electron chi connectivity index (χ0n) is 27.7. The van der Waals surface area contributed by atoms with Gasteiger partial charge in [-0.25, -0.2) is 19.2 Å². The number of phenols is 12. The predicted octanol–water partition coefficient (Wildman–Crippen LogP) is 0.705. The zero-order chi connectivity index (χ0) is 41.3. The molecule has 0 bridgehead atoms. The highest BCUT2D eigenvalue weighted by molar-refractivity contribution is 5.93. The van der Waals surface area contributed by atoms with E-state index in [1.54, 1.807) is 0 Å². The lowest BCUT2D eigenvalue weighted by atomic mass is 9.97. The summed E-state index contributed by atoms with van der Waals surface area (Å²) in [5.41, 5.74) is -2.68. The molecule has 1 fully saturated rings. The Morgan fingerprint density at radius 2 is 0.696 bits per heavy atom. The van der Waals surface area contributed by atoms with Crippen LogP contribution in [0.25, 0.3) is 0 Å². The maximum atomic E-state index is 13.5. The summed E-state index contributed by atoms with van der Waals surface area (Å²) < 4.78 is 26.8. The summed E-state index contributed by atoms with van der Waals surface area (Å²) in [5.74, 6) is -18.2. The van der Waals surface area contributed by atoms with Crippen LogP contribution in [0.4, 0.5) is 0 Å². The van der Waals surface area contributed by atoms with Crippen LogP contribution >= 0.6 is 0 Å². The minimum Gasteiger partial charge on any atom is -0.504 e. The molecule has 0 spiro atoms. The molecule has 1 heterocycles. The van der Waals surface area contributed by atoms with Crippen molar-refractivity contribution in [2.24, 2.45) is 0 Å². The number of aromatic hydroxyl groups is 12. The molecule has 1 saturated heterocycles. The fourth-order valence-corrected chi connectivity index (χ4v) is 5.14. The number of rotatable bonds is 9. The molecular formula is C34H28O22. The van der Waals surface area contributed by atoms with Gasteiger partial charge in [0, 0.05) is 0 Å². The summed E-state index contributed by atoms with van der Waals surface area (Å²) in [5, 5.41) is 129. The molecule has 4 aromatic carbocycles. The molecule has 4 aromatic rings. The monoisotopic (exact) mass is 788 g/mol. The number of phenolic OH excluding ortho intramolecular Hbond substituents is 12. The van der Waals surface area contributed by atoms with E-state index in [-0.39, 0.29) is 0 Å². The molecule has 5 rings (SSSR count). The third kappa shape index (κ3) is 7.95. The van der Waals surface area contributed by atoms with Gasteiger partial charge in [-0.05, 0) is 48.5 Å². The number of carbonyl (C=O) groups is 4. The number of benzene rings is 4. The van der Waals surface area contributed by atoms with Crippen LogP contribution in [0.5, 0.6) is 69.0 Å². The van der Waals surface area contributed by atoms with Crippen molar-refractivity contribution < 1.29 is 109 Å². The Hall–Kier alpha value is -7.72. The second-order valence-electron chi connectivity index (χ2n) is 11.7. The van der Waals surface area contributed by atoms with E-state index in [1.807, 2.05) is 0 Å². The van der Waals surface area contributed by atoms with E-state index in [4.69, 9.17) is 23.7 Å². The lowest BCUT2D eigenvalue weighted by molar-refractivity contribution is -0.284. The van der Waals surface area contributed by atoms with Gasteiger partial charge in [0.1, 0.15) is 12.7 Å². The Kier molecular flexibility index (Phi) is 10.8. The molecule has 0 radical (unpaired) electrons. The molecule has 0 amide bonds. The summed E-state index contributed by atoms with van der Waals surface area (Å²) in [7, 11) is 0. The molecule has 13 N–H and O–H groups in total. The Labute approximate surface area is 310 Å². The number of hydrogen-bond donors (Lipinski definition) is 13. The van der Waals surface area contributed by atoms with Crippen LogP contribution < -0.4 is 0 Å². The molecule has 296 valence electrons. The Morgan fingerprint density at radius 3 is 1.02 bits per heavy atom. The van der Waals surface area contributed by atoms with Gasteiger partial charge in [-0.2, -0.15) is 0 Å². The number of hydrogen-bond acceptors (Lipinski definition) is 22. The van der Waals surface area contributed by atoms with Gasteiger partial charge in [0.05, 0.1) is 22.3 Å². The van der Waals surface area contributed by atoms with E-state index in [2.05, 4.69) is 0 Å². The van der Waals surface area contributed by atoms with Gasteiger partial charge in [-0.3, -0.25) is 0 Å². The SMILES string of the molecule is O=C(OC[C@H]1O[C@H](O)[C@H](OC(=O)c2cc(O)c(O)c(O)c2)[C@@H](OC(=O)c2cc(O)c(O)c(O)c2)[C@@H]1OC(=O)c1cc(O)c(O)c(O)c1)c1cc(O)c(O)c(O)c1. The van der Waals surface area contributed by atoms with Crippen LogP contribution in [0.3, 0.4) is 0 Å². The van der Waals surface area contributed by atoms with Gasteiger partial charge >= 0.3 is 23.9 Å². The fraction of sp³-hybridized carbons (Fsp3) is 0.176. The molecule has 56 heavy (non-hydrogen) atoms. The number of ether oxygens (including phenoxy) is 5. The highest BCUT2D eigenvalue weighted by Gasteiger charge is 2.53. The van der Waals surface area contributed by atoms with Crippen LogP contribution in [-0.4, -0.2) is 128 Å². The van der Waals surface area contributed by atoms with Gasteiger partial charge in [0.15, 0.2) is 93.6 Å². The van der Waals surface area contributed by atoms with Gasteiger partial charge in [0.2, 0.25) is 0 Å². The van der Waals surface area contributed by atoms with Crippen molar-refractivity contribution in [2.45, 2.75) is 30.7 Å². The van der Waals surface area contributed by atoms with Crippen molar-refractivity contribution in [3.8, 4) is 69.0 Å². The van der Waals surface area contributed by atoms with Crippen molar-refractivity contribution in [3.63, 3.8) is 0 Å². The highest BCUT2D eigenvalue weighted by atomic mass is 16.7. The molecule has 22 heteroatoms.